The van der Waals surface area contributed by atoms with E-state index in [-0.39, 0.29) is 0 Å². The van der Waals surface area contributed by atoms with Crippen molar-refractivity contribution in [2.75, 3.05) is 25.6 Å². The van der Waals surface area contributed by atoms with Gasteiger partial charge in [0, 0.05) is 26.5 Å². The molecule has 1 atom stereocenters. The highest BCUT2D eigenvalue weighted by molar-refractivity contribution is 5.39. The number of nitrogens with zero attached hydrogens (tertiary/aromatic N) is 2. The van der Waals surface area contributed by atoms with E-state index in [4.69, 9.17) is 4.74 Å². The van der Waals surface area contributed by atoms with Crippen LogP contribution >= 0.6 is 0 Å². The Morgan fingerprint density at radius 2 is 2.24 bits per heavy atom. The summed E-state index contributed by atoms with van der Waals surface area (Å²) in [5.41, 5.74) is 3.97. The van der Waals surface area contributed by atoms with Gasteiger partial charge >= 0.3 is 0 Å². The smallest absolute Gasteiger partial charge is 0.203 e. The SMILES string of the molecule is COCCCNc1nc(C)cn1C1CCc2ccccc21. The summed E-state index contributed by atoms with van der Waals surface area (Å²) in [4.78, 5) is 4.64. The van der Waals surface area contributed by atoms with Gasteiger partial charge in [-0.05, 0) is 37.3 Å². The van der Waals surface area contributed by atoms with Crippen LogP contribution in [-0.4, -0.2) is 29.8 Å². The summed E-state index contributed by atoms with van der Waals surface area (Å²) < 4.78 is 7.39. The first-order valence-corrected chi connectivity index (χ1v) is 7.65. The molecule has 0 amide bonds. The van der Waals surface area contributed by atoms with Gasteiger partial charge in [0.15, 0.2) is 0 Å². The zero-order valence-electron chi connectivity index (χ0n) is 12.8. The van der Waals surface area contributed by atoms with Gasteiger partial charge < -0.3 is 14.6 Å². The molecule has 0 radical (unpaired) electrons. The molecule has 4 heteroatoms. The minimum absolute atomic E-state index is 0.410. The molecule has 21 heavy (non-hydrogen) atoms. The molecule has 2 aromatic rings. The van der Waals surface area contributed by atoms with Crippen LogP contribution in [0.5, 0.6) is 0 Å². The standard InChI is InChI=1S/C17H23N3O/c1-13-12-20(17(19-13)18-10-5-11-21-2)16-9-8-14-6-3-4-7-15(14)16/h3-4,6-7,12,16H,5,8-11H2,1-2H3,(H,18,19). The minimum atomic E-state index is 0.410. The molecule has 112 valence electrons. The monoisotopic (exact) mass is 285 g/mol. The van der Waals surface area contributed by atoms with Gasteiger partial charge in [0.1, 0.15) is 0 Å². The van der Waals surface area contributed by atoms with Crippen molar-refractivity contribution in [3.05, 3.63) is 47.3 Å². The van der Waals surface area contributed by atoms with Crippen LogP contribution in [0.3, 0.4) is 0 Å². The van der Waals surface area contributed by atoms with E-state index in [9.17, 15) is 0 Å². The first kappa shape index (κ1) is 14.1. The van der Waals surface area contributed by atoms with E-state index in [1.54, 1.807) is 7.11 Å². The van der Waals surface area contributed by atoms with E-state index in [1.165, 1.54) is 11.1 Å². The molecular weight excluding hydrogens is 262 g/mol. The van der Waals surface area contributed by atoms with Gasteiger partial charge in [-0.1, -0.05) is 24.3 Å². The summed E-state index contributed by atoms with van der Waals surface area (Å²) in [6.07, 6.45) is 5.46. The van der Waals surface area contributed by atoms with Gasteiger partial charge in [-0.25, -0.2) is 4.98 Å². The minimum Gasteiger partial charge on any atom is -0.385 e. The number of anilines is 1. The summed E-state index contributed by atoms with van der Waals surface area (Å²) >= 11 is 0. The summed E-state index contributed by atoms with van der Waals surface area (Å²) in [6, 6.07) is 9.16. The van der Waals surface area contributed by atoms with Gasteiger partial charge in [-0.15, -0.1) is 0 Å². The fourth-order valence-electron chi connectivity index (χ4n) is 3.12. The number of nitrogens with one attached hydrogen (secondary N) is 1. The Morgan fingerprint density at radius 3 is 3.10 bits per heavy atom. The van der Waals surface area contributed by atoms with Crippen LogP contribution in [0.4, 0.5) is 5.95 Å². The highest BCUT2D eigenvalue weighted by Gasteiger charge is 2.25. The predicted molar refractivity (Wildman–Crippen MR) is 84.8 cm³/mol. The van der Waals surface area contributed by atoms with Gasteiger partial charge in [0.05, 0.1) is 11.7 Å². The molecule has 1 aromatic heterocycles. The van der Waals surface area contributed by atoms with E-state index < -0.39 is 0 Å². The second kappa shape index (κ2) is 6.31. The molecule has 1 heterocycles. The summed E-state index contributed by atoms with van der Waals surface area (Å²) in [7, 11) is 1.74. The van der Waals surface area contributed by atoms with Crippen LogP contribution in [0.25, 0.3) is 0 Å². The second-order valence-electron chi connectivity index (χ2n) is 5.64. The number of fused-ring (bicyclic) bond motifs is 1. The molecule has 1 aromatic carbocycles. The maximum Gasteiger partial charge on any atom is 0.203 e. The van der Waals surface area contributed by atoms with Crippen LogP contribution in [0.1, 0.15) is 35.7 Å². The molecule has 1 aliphatic carbocycles. The van der Waals surface area contributed by atoms with Crippen molar-refractivity contribution in [2.24, 2.45) is 0 Å². The fraction of sp³-hybridized carbons (Fsp3) is 0.471. The van der Waals surface area contributed by atoms with Crippen molar-refractivity contribution in [2.45, 2.75) is 32.2 Å². The number of ether oxygens (including phenoxy) is 1. The van der Waals surface area contributed by atoms with E-state index >= 15 is 0 Å². The Labute approximate surface area is 126 Å². The lowest BCUT2D eigenvalue weighted by molar-refractivity contribution is 0.197. The molecule has 0 saturated carbocycles. The molecule has 0 bridgehead atoms. The number of hydrogen-bond acceptors (Lipinski definition) is 3. The van der Waals surface area contributed by atoms with Crippen LogP contribution in [0.2, 0.25) is 0 Å². The molecule has 4 nitrogen and oxygen atoms in total. The number of hydrogen-bond donors (Lipinski definition) is 1. The summed E-state index contributed by atoms with van der Waals surface area (Å²) in [6.45, 7) is 3.72. The van der Waals surface area contributed by atoms with Crippen molar-refractivity contribution in [1.82, 2.24) is 9.55 Å². The van der Waals surface area contributed by atoms with Gasteiger partial charge in [0.25, 0.3) is 0 Å². The number of aromatic nitrogens is 2. The largest absolute Gasteiger partial charge is 0.385 e. The molecule has 0 fully saturated rings. The molecular formula is C17H23N3O. The molecule has 3 rings (SSSR count). The molecule has 1 aliphatic rings. The number of rotatable bonds is 6. The zero-order valence-corrected chi connectivity index (χ0v) is 12.8. The lowest BCUT2D eigenvalue weighted by atomic mass is 10.1. The third kappa shape index (κ3) is 2.95. The molecule has 1 unspecified atom stereocenters. The maximum absolute atomic E-state index is 5.09. The first-order chi connectivity index (χ1) is 10.3. The van der Waals surface area contributed by atoms with E-state index in [2.05, 4.69) is 52.3 Å². The predicted octanol–water partition coefficient (Wildman–Crippen LogP) is 3.18. The van der Waals surface area contributed by atoms with Crippen molar-refractivity contribution in [3.8, 4) is 0 Å². The van der Waals surface area contributed by atoms with E-state index in [0.717, 1.165) is 44.1 Å². The highest BCUT2D eigenvalue weighted by atomic mass is 16.5. The number of methoxy groups -OCH3 is 1. The Hall–Kier alpha value is -1.81. The van der Waals surface area contributed by atoms with Crippen LogP contribution in [-0.2, 0) is 11.2 Å². The van der Waals surface area contributed by atoms with Crippen molar-refractivity contribution in [1.29, 1.82) is 0 Å². The molecule has 1 N–H and O–H groups in total. The third-order valence-corrected chi connectivity index (χ3v) is 4.10. The average Bonchev–Trinajstić information content (AvgIpc) is 3.07. The van der Waals surface area contributed by atoms with E-state index in [0.29, 0.717) is 6.04 Å². The average molecular weight is 285 g/mol. The van der Waals surface area contributed by atoms with Crippen molar-refractivity contribution >= 4 is 5.95 Å². The lowest BCUT2D eigenvalue weighted by Gasteiger charge is -2.17. The maximum atomic E-state index is 5.09. The lowest BCUT2D eigenvalue weighted by Crippen LogP contribution is -2.13. The summed E-state index contributed by atoms with van der Waals surface area (Å²) in [5, 5.41) is 3.45. The van der Waals surface area contributed by atoms with Crippen molar-refractivity contribution in [3.63, 3.8) is 0 Å². The Bertz CT molecular complexity index is 606. The number of imidazole rings is 1. The fourth-order valence-corrected chi connectivity index (χ4v) is 3.12. The molecule has 0 aliphatic heterocycles. The van der Waals surface area contributed by atoms with Gasteiger partial charge in [-0.3, -0.25) is 0 Å². The highest BCUT2D eigenvalue weighted by Crippen LogP contribution is 2.35. The number of benzene rings is 1. The summed E-state index contributed by atoms with van der Waals surface area (Å²) in [5.74, 6) is 0.977. The normalized spacial score (nSPS) is 17.0. The first-order valence-electron chi connectivity index (χ1n) is 7.65. The quantitative estimate of drug-likeness (QED) is 0.829. The molecule has 0 spiro atoms. The second-order valence-corrected chi connectivity index (χ2v) is 5.64. The Kier molecular flexibility index (Phi) is 4.25. The molecule has 0 saturated heterocycles. The number of aryl methyl sites for hydroxylation is 2. The van der Waals surface area contributed by atoms with Crippen LogP contribution in [0.15, 0.2) is 30.5 Å². The van der Waals surface area contributed by atoms with Gasteiger partial charge in [0.2, 0.25) is 5.95 Å². The van der Waals surface area contributed by atoms with E-state index in [1.807, 2.05) is 0 Å². The topological polar surface area (TPSA) is 39.1 Å². The Balaban J connectivity index is 1.79. The van der Waals surface area contributed by atoms with Gasteiger partial charge in [-0.2, -0.15) is 0 Å². The van der Waals surface area contributed by atoms with Crippen LogP contribution < -0.4 is 5.32 Å². The van der Waals surface area contributed by atoms with Crippen molar-refractivity contribution < 1.29 is 4.74 Å². The van der Waals surface area contributed by atoms with Crippen LogP contribution in [0, 0.1) is 6.92 Å². The third-order valence-electron chi connectivity index (χ3n) is 4.10. The Morgan fingerprint density at radius 1 is 1.38 bits per heavy atom. The zero-order chi connectivity index (χ0) is 14.7.